The SMILES string of the molecule is Nc1nc(-c2ccccc2)nc2c1cnn2-c1ccc(Cl)cc1. The zero-order valence-electron chi connectivity index (χ0n) is 12.0. The van der Waals surface area contributed by atoms with E-state index in [0.717, 1.165) is 16.6 Å². The Morgan fingerprint density at radius 1 is 0.913 bits per heavy atom. The van der Waals surface area contributed by atoms with Crippen molar-refractivity contribution in [2.45, 2.75) is 0 Å². The standard InChI is InChI=1S/C17H12ClN5/c18-12-6-8-13(9-7-12)23-17-14(10-20-23)15(19)21-16(22-17)11-4-2-1-3-5-11/h1-10H,(H2,19,21,22). The minimum Gasteiger partial charge on any atom is -0.383 e. The van der Waals surface area contributed by atoms with Gasteiger partial charge in [-0.25, -0.2) is 14.6 Å². The van der Waals surface area contributed by atoms with Crippen molar-refractivity contribution in [2.75, 3.05) is 5.73 Å². The van der Waals surface area contributed by atoms with Gasteiger partial charge in [0.25, 0.3) is 0 Å². The summed E-state index contributed by atoms with van der Waals surface area (Å²) in [7, 11) is 0. The number of benzene rings is 2. The molecule has 2 heterocycles. The number of nitrogens with zero attached hydrogens (tertiary/aromatic N) is 4. The lowest BCUT2D eigenvalue weighted by molar-refractivity contribution is 0.896. The average Bonchev–Trinajstić information content (AvgIpc) is 3.01. The molecule has 23 heavy (non-hydrogen) atoms. The fraction of sp³-hybridized carbons (Fsp3) is 0. The molecule has 0 unspecified atom stereocenters. The first kappa shape index (κ1) is 13.7. The van der Waals surface area contributed by atoms with Crippen molar-refractivity contribution >= 4 is 28.5 Å². The minimum atomic E-state index is 0.411. The monoisotopic (exact) mass is 321 g/mol. The second-order valence-electron chi connectivity index (χ2n) is 5.07. The van der Waals surface area contributed by atoms with Crippen LogP contribution in [0.5, 0.6) is 0 Å². The third-order valence-corrected chi connectivity index (χ3v) is 3.81. The normalized spacial score (nSPS) is 11.0. The summed E-state index contributed by atoms with van der Waals surface area (Å²) in [4.78, 5) is 9.03. The summed E-state index contributed by atoms with van der Waals surface area (Å²) < 4.78 is 1.73. The van der Waals surface area contributed by atoms with E-state index in [9.17, 15) is 0 Å². The molecule has 0 saturated heterocycles. The second-order valence-corrected chi connectivity index (χ2v) is 5.50. The van der Waals surface area contributed by atoms with Crippen molar-refractivity contribution in [1.29, 1.82) is 0 Å². The zero-order chi connectivity index (χ0) is 15.8. The zero-order valence-corrected chi connectivity index (χ0v) is 12.8. The van der Waals surface area contributed by atoms with Gasteiger partial charge in [-0.1, -0.05) is 41.9 Å². The molecule has 2 aromatic carbocycles. The van der Waals surface area contributed by atoms with Gasteiger partial charge in [0, 0.05) is 10.6 Å². The van der Waals surface area contributed by atoms with Gasteiger partial charge in [0.05, 0.1) is 17.3 Å². The lowest BCUT2D eigenvalue weighted by Gasteiger charge is -2.06. The Bertz CT molecular complexity index is 977. The van der Waals surface area contributed by atoms with Crippen LogP contribution in [-0.4, -0.2) is 19.7 Å². The first-order chi connectivity index (χ1) is 11.2. The number of nitrogen functional groups attached to an aromatic ring is 1. The highest BCUT2D eigenvalue weighted by atomic mass is 35.5. The largest absolute Gasteiger partial charge is 0.383 e. The number of anilines is 1. The number of halogens is 1. The van der Waals surface area contributed by atoms with Gasteiger partial charge in [-0.05, 0) is 24.3 Å². The number of aromatic nitrogens is 4. The molecule has 0 saturated carbocycles. The maximum Gasteiger partial charge on any atom is 0.169 e. The Morgan fingerprint density at radius 3 is 2.39 bits per heavy atom. The van der Waals surface area contributed by atoms with Crippen molar-refractivity contribution in [1.82, 2.24) is 19.7 Å². The molecule has 0 spiro atoms. The second kappa shape index (κ2) is 5.37. The Morgan fingerprint density at radius 2 is 1.65 bits per heavy atom. The Kier molecular flexibility index (Phi) is 3.20. The predicted molar refractivity (Wildman–Crippen MR) is 91.5 cm³/mol. The van der Waals surface area contributed by atoms with E-state index < -0.39 is 0 Å². The van der Waals surface area contributed by atoms with Crippen LogP contribution >= 0.6 is 11.6 Å². The van der Waals surface area contributed by atoms with E-state index in [4.69, 9.17) is 17.3 Å². The van der Waals surface area contributed by atoms with Gasteiger partial charge in [-0.3, -0.25) is 0 Å². The lowest BCUT2D eigenvalue weighted by atomic mass is 10.2. The van der Waals surface area contributed by atoms with Gasteiger partial charge in [0.1, 0.15) is 5.82 Å². The van der Waals surface area contributed by atoms with Crippen LogP contribution in [0, 0.1) is 0 Å². The number of rotatable bonds is 2. The van der Waals surface area contributed by atoms with E-state index in [-0.39, 0.29) is 0 Å². The highest BCUT2D eigenvalue weighted by Gasteiger charge is 2.13. The average molecular weight is 322 g/mol. The molecule has 0 aliphatic rings. The molecule has 6 heteroatoms. The molecule has 0 fully saturated rings. The van der Waals surface area contributed by atoms with Crippen LogP contribution in [0.1, 0.15) is 0 Å². The van der Waals surface area contributed by atoms with E-state index >= 15 is 0 Å². The van der Waals surface area contributed by atoms with Gasteiger partial charge in [0.15, 0.2) is 11.5 Å². The van der Waals surface area contributed by atoms with Crippen LogP contribution in [0.15, 0.2) is 60.8 Å². The van der Waals surface area contributed by atoms with Gasteiger partial charge in [-0.15, -0.1) is 0 Å². The molecule has 0 radical (unpaired) electrons. The Hall–Kier alpha value is -2.92. The quantitative estimate of drug-likeness (QED) is 0.611. The molecule has 0 bridgehead atoms. The van der Waals surface area contributed by atoms with Crippen molar-refractivity contribution in [3.8, 4) is 17.1 Å². The summed E-state index contributed by atoms with van der Waals surface area (Å²) in [6.45, 7) is 0. The molecule has 0 atom stereocenters. The highest BCUT2D eigenvalue weighted by Crippen LogP contribution is 2.25. The summed E-state index contributed by atoms with van der Waals surface area (Å²) in [6, 6.07) is 17.1. The van der Waals surface area contributed by atoms with E-state index in [1.165, 1.54) is 0 Å². The van der Waals surface area contributed by atoms with Gasteiger partial charge in [-0.2, -0.15) is 5.10 Å². The topological polar surface area (TPSA) is 69.6 Å². The first-order valence-corrected chi connectivity index (χ1v) is 7.43. The van der Waals surface area contributed by atoms with Gasteiger partial charge < -0.3 is 5.73 Å². The number of hydrogen-bond acceptors (Lipinski definition) is 4. The molecule has 0 aliphatic heterocycles. The van der Waals surface area contributed by atoms with Crippen LogP contribution in [0.2, 0.25) is 5.02 Å². The predicted octanol–water partition coefficient (Wildman–Crippen LogP) is 3.72. The summed E-state index contributed by atoms with van der Waals surface area (Å²) >= 11 is 5.95. The summed E-state index contributed by atoms with van der Waals surface area (Å²) in [5.41, 5.74) is 8.52. The third kappa shape index (κ3) is 2.41. The van der Waals surface area contributed by atoms with Gasteiger partial charge in [0.2, 0.25) is 0 Å². The van der Waals surface area contributed by atoms with E-state index in [2.05, 4.69) is 15.1 Å². The molecule has 0 aliphatic carbocycles. The summed E-state index contributed by atoms with van der Waals surface area (Å²) in [6.07, 6.45) is 1.67. The van der Waals surface area contributed by atoms with Crippen molar-refractivity contribution in [3.63, 3.8) is 0 Å². The van der Waals surface area contributed by atoms with Crippen LogP contribution in [-0.2, 0) is 0 Å². The molecule has 2 N–H and O–H groups in total. The van der Waals surface area contributed by atoms with Crippen molar-refractivity contribution in [2.24, 2.45) is 0 Å². The van der Waals surface area contributed by atoms with Crippen LogP contribution < -0.4 is 5.73 Å². The third-order valence-electron chi connectivity index (χ3n) is 3.56. The smallest absolute Gasteiger partial charge is 0.169 e. The fourth-order valence-corrected chi connectivity index (χ4v) is 2.54. The molecule has 4 rings (SSSR count). The minimum absolute atomic E-state index is 0.411. The molecular weight excluding hydrogens is 310 g/mol. The maximum atomic E-state index is 6.08. The summed E-state index contributed by atoms with van der Waals surface area (Å²) in [5, 5.41) is 5.77. The van der Waals surface area contributed by atoms with Crippen LogP contribution in [0.4, 0.5) is 5.82 Å². The van der Waals surface area contributed by atoms with E-state index in [1.54, 1.807) is 10.9 Å². The molecular formula is C17H12ClN5. The van der Waals surface area contributed by atoms with E-state index in [1.807, 2.05) is 54.6 Å². The van der Waals surface area contributed by atoms with E-state index in [0.29, 0.717) is 22.3 Å². The van der Waals surface area contributed by atoms with Crippen molar-refractivity contribution in [3.05, 3.63) is 65.8 Å². The first-order valence-electron chi connectivity index (χ1n) is 7.05. The maximum absolute atomic E-state index is 6.08. The molecule has 4 aromatic rings. The number of fused-ring (bicyclic) bond motifs is 1. The molecule has 0 amide bonds. The van der Waals surface area contributed by atoms with Crippen molar-refractivity contribution < 1.29 is 0 Å². The molecule has 112 valence electrons. The molecule has 5 nitrogen and oxygen atoms in total. The fourth-order valence-electron chi connectivity index (χ4n) is 2.42. The van der Waals surface area contributed by atoms with Crippen LogP contribution in [0.25, 0.3) is 28.1 Å². The number of nitrogens with two attached hydrogens (primary N) is 1. The Balaban J connectivity index is 1.94. The van der Waals surface area contributed by atoms with Gasteiger partial charge >= 0.3 is 0 Å². The van der Waals surface area contributed by atoms with Crippen LogP contribution in [0.3, 0.4) is 0 Å². The lowest BCUT2D eigenvalue weighted by Crippen LogP contribution is -2.01. The highest BCUT2D eigenvalue weighted by molar-refractivity contribution is 6.30. The molecule has 2 aromatic heterocycles. The number of hydrogen-bond donors (Lipinski definition) is 1. The Labute approximate surface area is 137 Å². The summed E-state index contributed by atoms with van der Waals surface area (Å²) in [5.74, 6) is 0.986.